The van der Waals surface area contributed by atoms with Gasteiger partial charge in [0.2, 0.25) is 5.91 Å². The fraction of sp³-hybridized carbons (Fsp3) is 0.250. The fourth-order valence-electron chi connectivity index (χ4n) is 2.81. The lowest BCUT2D eigenvalue weighted by molar-refractivity contribution is -0.118. The highest BCUT2D eigenvalue weighted by Gasteiger charge is 2.24. The van der Waals surface area contributed by atoms with Crippen molar-refractivity contribution in [3.8, 4) is 5.75 Å². The SMILES string of the molecule is CCc1ccc(NC(=O)CS(=O)(=O)CC(=O)c2ccc3c(c2)NC(=O)CO3)cc1. The van der Waals surface area contributed by atoms with E-state index in [4.69, 9.17) is 4.74 Å². The van der Waals surface area contributed by atoms with Crippen LogP contribution in [-0.2, 0) is 25.8 Å². The molecule has 0 radical (unpaired) electrons. The highest BCUT2D eigenvalue weighted by molar-refractivity contribution is 7.92. The number of ether oxygens (including phenoxy) is 1. The summed E-state index contributed by atoms with van der Waals surface area (Å²) >= 11 is 0. The van der Waals surface area contributed by atoms with E-state index in [1.54, 1.807) is 12.1 Å². The predicted molar refractivity (Wildman–Crippen MR) is 108 cm³/mol. The van der Waals surface area contributed by atoms with E-state index in [0.29, 0.717) is 17.1 Å². The standard InChI is InChI=1S/C20H20N2O6S/c1-2-13-3-6-15(7-4-13)21-20(25)12-29(26,27)11-17(23)14-5-8-18-16(9-14)22-19(24)10-28-18/h3-9H,2,10-12H2,1H3,(H,21,25)(H,22,24). The highest BCUT2D eigenvalue weighted by Crippen LogP contribution is 2.28. The molecule has 0 aliphatic carbocycles. The van der Waals surface area contributed by atoms with Crippen LogP contribution in [0.1, 0.15) is 22.8 Å². The van der Waals surface area contributed by atoms with Gasteiger partial charge in [0.05, 0.1) is 5.69 Å². The lowest BCUT2D eigenvalue weighted by Gasteiger charge is -2.18. The van der Waals surface area contributed by atoms with E-state index >= 15 is 0 Å². The van der Waals surface area contributed by atoms with Crippen molar-refractivity contribution in [1.29, 1.82) is 0 Å². The van der Waals surface area contributed by atoms with Gasteiger partial charge < -0.3 is 15.4 Å². The number of aryl methyl sites for hydroxylation is 1. The molecule has 0 fully saturated rings. The summed E-state index contributed by atoms with van der Waals surface area (Å²) in [4.78, 5) is 35.8. The lowest BCUT2D eigenvalue weighted by Crippen LogP contribution is -2.28. The maximum atomic E-state index is 12.4. The van der Waals surface area contributed by atoms with Crippen LogP contribution < -0.4 is 15.4 Å². The number of sulfone groups is 1. The maximum Gasteiger partial charge on any atom is 0.262 e. The number of rotatable bonds is 7. The normalized spacial score (nSPS) is 13.1. The third-order valence-corrected chi connectivity index (χ3v) is 5.69. The molecular weight excluding hydrogens is 396 g/mol. The van der Waals surface area contributed by atoms with Gasteiger partial charge in [-0.3, -0.25) is 14.4 Å². The van der Waals surface area contributed by atoms with E-state index in [1.807, 2.05) is 19.1 Å². The Morgan fingerprint density at radius 3 is 2.52 bits per heavy atom. The van der Waals surface area contributed by atoms with E-state index in [2.05, 4.69) is 10.6 Å². The molecule has 1 aliphatic rings. The van der Waals surface area contributed by atoms with Crippen LogP contribution in [0.2, 0.25) is 0 Å². The van der Waals surface area contributed by atoms with Crippen molar-refractivity contribution in [3.63, 3.8) is 0 Å². The van der Waals surface area contributed by atoms with Gasteiger partial charge in [0.15, 0.2) is 22.2 Å². The zero-order valence-corrected chi connectivity index (χ0v) is 16.5. The summed E-state index contributed by atoms with van der Waals surface area (Å²) in [5.41, 5.74) is 1.98. The molecule has 0 saturated carbocycles. The first-order valence-corrected chi connectivity index (χ1v) is 10.8. The Kier molecular flexibility index (Phi) is 5.97. The second-order valence-electron chi connectivity index (χ2n) is 6.60. The Morgan fingerprint density at radius 2 is 1.83 bits per heavy atom. The highest BCUT2D eigenvalue weighted by atomic mass is 32.2. The Labute approximate surface area is 168 Å². The summed E-state index contributed by atoms with van der Waals surface area (Å²) in [6.07, 6.45) is 0.850. The number of ketones is 1. The molecule has 1 heterocycles. The molecule has 0 saturated heterocycles. The second-order valence-corrected chi connectivity index (χ2v) is 8.67. The minimum absolute atomic E-state index is 0.105. The van der Waals surface area contributed by atoms with Crippen LogP contribution in [-0.4, -0.2) is 44.1 Å². The largest absolute Gasteiger partial charge is 0.482 e. The van der Waals surface area contributed by atoms with E-state index in [-0.39, 0.29) is 18.1 Å². The van der Waals surface area contributed by atoms with Crippen molar-refractivity contribution in [2.45, 2.75) is 13.3 Å². The van der Waals surface area contributed by atoms with Crippen LogP contribution in [0.5, 0.6) is 5.75 Å². The van der Waals surface area contributed by atoms with Crippen molar-refractivity contribution in [2.24, 2.45) is 0 Å². The molecule has 0 aromatic heterocycles. The number of benzene rings is 2. The molecule has 2 amide bonds. The van der Waals surface area contributed by atoms with Crippen LogP contribution in [0, 0.1) is 0 Å². The van der Waals surface area contributed by atoms with Gasteiger partial charge >= 0.3 is 0 Å². The first kappa shape index (κ1) is 20.5. The first-order valence-electron chi connectivity index (χ1n) is 8.95. The number of hydrogen-bond donors (Lipinski definition) is 2. The fourth-order valence-corrected chi connectivity index (χ4v) is 3.95. The molecule has 0 atom stereocenters. The summed E-state index contributed by atoms with van der Waals surface area (Å²) in [6, 6.07) is 11.3. The molecule has 0 spiro atoms. The number of hydrogen-bond acceptors (Lipinski definition) is 6. The zero-order chi connectivity index (χ0) is 21.0. The predicted octanol–water partition coefficient (Wildman–Crippen LogP) is 1.82. The average Bonchev–Trinajstić information content (AvgIpc) is 2.67. The molecule has 152 valence electrons. The van der Waals surface area contributed by atoms with E-state index < -0.39 is 33.0 Å². The van der Waals surface area contributed by atoms with Gasteiger partial charge in [-0.25, -0.2) is 8.42 Å². The Morgan fingerprint density at radius 1 is 1.10 bits per heavy atom. The smallest absolute Gasteiger partial charge is 0.262 e. The average molecular weight is 416 g/mol. The van der Waals surface area contributed by atoms with Crippen LogP contribution in [0.15, 0.2) is 42.5 Å². The topological polar surface area (TPSA) is 119 Å². The van der Waals surface area contributed by atoms with Crippen molar-refractivity contribution >= 4 is 38.8 Å². The van der Waals surface area contributed by atoms with Gasteiger partial charge in [-0.15, -0.1) is 0 Å². The molecule has 1 aliphatic heterocycles. The quantitative estimate of drug-likeness (QED) is 0.665. The molecule has 0 unspecified atom stereocenters. The number of carbonyl (C=O) groups is 3. The maximum absolute atomic E-state index is 12.4. The zero-order valence-electron chi connectivity index (χ0n) is 15.7. The lowest BCUT2D eigenvalue weighted by atomic mass is 10.1. The monoisotopic (exact) mass is 416 g/mol. The molecular formula is C20H20N2O6S. The molecule has 0 bridgehead atoms. The van der Waals surface area contributed by atoms with Gasteiger partial charge in [0.25, 0.3) is 5.91 Å². The second kappa shape index (κ2) is 8.44. The van der Waals surface area contributed by atoms with Crippen molar-refractivity contribution in [3.05, 3.63) is 53.6 Å². The summed E-state index contributed by atoms with van der Waals surface area (Å²) in [5.74, 6) is -2.97. The van der Waals surface area contributed by atoms with Crippen molar-refractivity contribution in [2.75, 3.05) is 28.7 Å². The minimum atomic E-state index is -3.97. The summed E-state index contributed by atoms with van der Waals surface area (Å²) in [5, 5.41) is 5.07. The summed E-state index contributed by atoms with van der Waals surface area (Å²) < 4.78 is 29.8. The van der Waals surface area contributed by atoms with Gasteiger partial charge in [-0.2, -0.15) is 0 Å². The first-order chi connectivity index (χ1) is 13.8. The molecule has 2 N–H and O–H groups in total. The van der Waals surface area contributed by atoms with Crippen LogP contribution in [0.3, 0.4) is 0 Å². The third kappa shape index (κ3) is 5.41. The van der Waals surface area contributed by atoms with Crippen molar-refractivity contribution in [1.82, 2.24) is 0 Å². The number of Topliss-reactive ketones (excluding diaryl/α,β-unsaturated/α-hetero) is 1. The van der Waals surface area contributed by atoms with Crippen LogP contribution >= 0.6 is 0 Å². The number of carbonyl (C=O) groups excluding carboxylic acids is 3. The number of amides is 2. The molecule has 3 rings (SSSR count). The Hall–Kier alpha value is -3.20. The van der Waals surface area contributed by atoms with Gasteiger partial charge in [0.1, 0.15) is 17.3 Å². The number of fused-ring (bicyclic) bond motifs is 1. The summed E-state index contributed by atoms with van der Waals surface area (Å²) in [6.45, 7) is 1.88. The molecule has 2 aromatic carbocycles. The van der Waals surface area contributed by atoms with Crippen molar-refractivity contribution < 1.29 is 27.5 Å². The molecule has 9 heteroatoms. The molecule has 29 heavy (non-hydrogen) atoms. The van der Waals surface area contributed by atoms with E-state index in [1.165, 1.54) is 18.2 Å². The third-order valence-electron chi connectivity index (χ3n) is 4.28. The van der Waals surface area contributed by atoms with Gasteiger partial charge in [-0.05, 0) is 42.3 Å². The molecule has 2 aromatic rings. The minimum Gasteiger partial charge on any atom is -0.482 e. The van der Waals surface area contributed by atoms with E-state index in [0.717, 1.165) is 12.0 Å². The van der Waals surface area contributed by atoms with E-state index in [9.17, 15) is 22.8 Å². The number of nitrogens with one attached hydrogen (secondary N) is 2. The molecule has 8 nitrogen and oxygen atoms in total. The van der Waals surface area contributed by atoms with Gasteiger partial charge in [-0.1, -0.05) is 19.1 Å². The Balaban J connectivity index is 1.62. The summed E-state index contributed by atoms with van der Waals surface area (Å²) in [7, 11) is -3.97. The van der Waals surface area contributed by atoms with Crippen LogP contribution in [0.4, 0.5) is 11.4 Å². The Bertz CT molecular complexity index is 1060. The van der Waals surface area contributed by atoms with Crippen LogP contribution in [0.25, 0.3) is 0 Å². The number of anilines is 2. The van der Waals surface area contributed by atoms with Gasteiger partial charge in [0, 0.05) is 11.3 Å².